The van der Waals surface area contributed by atoms with Gasteiger partial charge < -0.3 is 15.1 Å². The Labute approximate surface area is 179 Å². The number of nitrogens with one attached hydrogen (secondary N) is 1. The van der Waals surface area contributed by atoms with Crippen molar-refractivity contribution in [1.82, 2.24) is 24.8 Å². The lowest BCUT2D eigenvalue weighted by molar-refractivity contribution is 0.271. The first kappa shape index (κ1) is 20.1. The van der Waals surface area contributed by atoms with Crippen molar-refractivity contribution in [3.63, 3.8) is 0 Å². The molecule has 152 valence electrons. The molecule has 0 spiro atoms. The third-order valence-corrected chi connectivity index (χ3v) is 7.18. The summed E-state index contributed by atoms with van der Waals surface area (Å²) in [6, 6.07) is 6.02. The van der Waals surface area contributed by atoms with E-state index in [1.807, 2.05) is 31.5 Å². The van der Waals surface area contributed by atoms with Gasteiger partial charge in [-0.05, 0) is 37.9 Å². The van der Waals surface area contributed by atoms with Crippen LogP contribution in [0.15, 0.2) is 34.9 Å². The average Bonchev–Trinajstić information content (AvgIpc) is 3.15. The van der Waals surface area contributed by atoms with Crippen molar-refractivity contribution in [3.8, 4) is 10.6 Å². The van der Waals surface area contributed by atoms with Crippen LogP contribution in [0, 0.1) is 6.92 Å². The Hall–Kier alpha value is -2.23. The quantitative estimate of drug-likeness (QED) is 0.594. The molecule has 7 nitrogen and oxygen atoms in total. The first-order chi connectivity index (χ1) is 14.2. The van der Waals surface area contributed by atoms with Gasteiger partial charge in [0.2, 0.25) is 5.95 Å². The summed E-state index contributed by atoms with van der Waals surface area (Å²) in [5, 5.41) is 3.22. The maximum Gasteiger partial charge on any atom is 0.228 e. The Bertz CT molecular complexity index is 950. The number of aryl methyl sites for hydroxylation is 1. The summed E-state index contributed by atoms with van der Waals surface area (Å²) in [5.74, 6) is 1.28. The van der Waals surface area contributed by atoms with E-state index in [1.165, 1.54) is 0 Å². The molecular weight excluding hydrogens is 402 g/mol. The highest BCUT2D eigenvalue weighted by atomic mass is 32.2. The number of anilines is 3. The number of pyridine rings is 1. The second kappa shape index (κ2) is 9.06. The van der Waals surface area contributed by atoms with Gasteiger partial charge in [-0.1, -0.05) is 18.7 Å². The largest absolute Gasteiger partial charge is 0.368 e. The lowest BCUT2D eigenvalue weighted by atomic mass is 10.2. The van der Waals surface area contributed by atoms with Gasteiger partial charge in [-0.15, -0.1) is 11.3 Å². The van der Waals surface area contributed by atoms with Crippen LogP contribution in [-0.2, 0) is 0 Å². The molecule has 0 saturated carbocycles. The first-order valence-electron chi connectivity index (χ1n) is 9.71. The van der Waals surface area contributed by atoms with Gasteiger partial charge in [0.1, 0.15) is 5.82 Å². The molecule has 1 aliphatic heterocycles. The van der Waals surface area contributed by atoms with Crippen molar-refractivity contribution in [1.29, 1.82) is 0 Å². The minimum atomic E-state index is 0.540. The zero-order chi connectivity index (χ0) is 20.2. The van der Waals surface area contributed by atoms with Gasteiger partial charge in [-0.3, -0.25) is 0 Å². The minimum Gasteiger partial charge on any atom is -0.368 e. The Kier molecular flexibility index (Phi) is 6.27. The minimum absolute atomic E-state index is 0.540. The van der Waals surface area contributed by atoms with E-state index in [0.717, 1.165) is 64.8 Å². The molecule has 4 heterocycles. The van der Waals surface area contributed by atoms with E-state index in [0.29, 0.717) is 5.95 Å². The summed E-state index contributed by atoms with van der Waals surface area (Å²) in [6.45, 7) is 9.64. The third kappa shape index (κ3) is 4.68. The van der Waals surface area contributed by atoms with Crippen molar-refractivity contribution in [2.75, 3.05) is 49.2 Å². The van der Waals surface area contributed by atoms with Crippen molar-refractivity contribution in [2.24, 2.45) is 0 Å². The number of thiazole rings is 1. The fourth-order valence-electron chi connectivity index (χ4n) is 3.33. The summed E-state index contributed by atoms with van der Waals surface area (Å²) in [6.07, 6.45) is 5.73. The molecule has 4 rings (SSSR count). The zero-order valence-corrected chi connectivity index (χ0v) is 18.6. The standard InChI is InChI=1S/C20H25N7S2/c1-4-26-9-11-27(12-10-26)15-5-6-17(22-13-15)25-19-21-8-7-16(24-19)18-14(2)23-20(28-3)29-18/h5-8,13H,4,9-12H2,1-3H3,(H,21,22,24,25). The van der Waals surface area contributed by atoms with Gasteiger partial charge in [-0.2, -0.15) is 0 Å². The van der Waals surface area contributed by atoms with Crippen molar-refractivity contribution in [3.05, 3.63) is 36.3 Å². The SMILES string of the molecule is CCN1CCN(c2ccc(Nc3nccc(-c4sc(SC)nc4C)n3)nc2)CC1. The number of aromatic nitrogens is 4. The van der Waals surface area contributed by atoms with E-state index in [9.17, 15) is 0 Å². The van der Waals surface area contributed by atoms with Gasteiger partial charge in [0.25, 0.3) is 0 Å². The van der Waals surface area contributed by atoms with Crippen molar-refractivity contribution >= 4 is 40.6 Å². The molecule has 1 N–H and O–H groups in total. The van der Waals surface area contributed by atoms with E-state index in [1.54, 1.807) is 29.3 Å². The van der Waals surface area contributed by atoms with E-state index < -0.39 is 0 Å². The number of thioether (sulfide) groups is 1. The molecule has 9 heteroatoms. The highest BCUT2D eigenvalue weighted by Crippen LogP contribution is 2.33. The summed E-state index contributed by atoms with van der Waals surface area (Å²) in [4.78, 5) is 24.1. The molecule has 1 saturated heterocycles. The summed E-state index contributed by atoms with van der Waals surface area (Å²) in [7, 11) is 0. The monoisotopic (exact) mass is 427 g/mol. The van der Waals surface area contributed by atoms with Crippen LogP contribution in [0.1, 0.15) is 12.6 Å². The number of nitrogens with zero attached hydrogens (tertiary/aromatic N) is 6. The number of piperazine rings is 1. The highest BCUT2D eigenvalue weighted by Gasteiger charge is 2.16. The molecule has 29 heavy (non-hydrogen) atoms. The predicted octanol–water partition coefficient (Wildman–Crippen LogP) is 3.91. The van der Waals surface area contributed by atoms with Crippen LogP contribution in [0.3, 0.4) is 0 Å². The van der Waals surface area contributed by atoms with E-state index in [4.69, 9.17) is 0 Å². The summed E-state index contributed by atoms with van der Waals surface area (Å²) in [5.41, 5.74) is 3.03. The van der Waals surface area contributed by atoms with Crippen LogP contribution in [0.5, 0.6) is 0 Å². The molecule has 1 fully saturated rings. The van der Waals surface area contributed by atoms with Crippen LogP contribution in [-0.4, -0.2) is 63.8 Å². The van der Waals surface area contributed by atoms with Crippen LogP contribution in [0.2, 0.25) is 0 Å². The zero-order valence-electron chi connectivity index (χ0n) is 16.9. The van der Waals surface area contributed by atoms with Crippen LogP contribution in [0.25, 0.3) is 10.6 Å². The number of hydrogen-bond donors (Lipinski definition) is 1. The molecule has 0 bridgehead atoms. The predicted molar refractivity (Wildman–Crippen MR) is 122 cm³/mol. The number of hydrogen-bond acceptors (Lipinski definition) is 9. The molecular formula is C20H25N7S2. The van der Waals surface area contributed by atoms with Gasteiger partial charge in [0.15, 0.2) is 4.34 Å². The van der Waals surface area contributed by atoms with Crippen LogP contribution < -0.4 is 10.2 Å². The van der Waals surface area contributed by atoms with Gasteiger partial charge in [-0.25, -0.2) is 19.9 Å². The molecule has 0 atom stereocenters. The van der Waals surface area contributed by atoms with E-state index in [2.05, 4.69) is 48.0 Å². The Morgan fingerprint density at radius 1 is 1.10 bits per heavy atom. The molecule has 0 amide bonds. The van der Waals surface area contributed by atoms with Gasteiger partial charge in [0.05, 0.1) is 28.1 Å². The maximum absolute atomic E-state index is 4.66. The average molecular weight is 428 g/mol. The number of likely N-dealkylation sites (N-methyl/N-ethyl adjacent to an activating group) is 1. The number of rotatable bonds is 6. The maximum atomic E-state index is 4.66. The second-order valence-electron chi connectivity index (χ2n) is 6.81. The van der Waals surface area contributed by atoms with Crippen LogP contribution in [0.4, 0.5) is 17.5 Å². The molecule has 1 aliphatic rings. The van der Waals surface area contributed by atoms with Crippen molar-refractivity contribution < 1.29 is 0 Å². The molecule has 0 radical (unpaired) electrons. The first-order valence-corrected chi connectivity index (χ1v) is 11.8. The lowest BCUT2D eigenvalue weighted by Gasteiger charge is -2.35. The Morgan fingerprint density at radius 3 is 2.59 bits per heavy atom. The fraction of sp³-hybridized carbons (Fsp3) is 0.400. The van der Waals surface area contributed by atoms with Crippen molar-refractivity contribution in [2.45, 2.75) is 18.2 Å². The molecule has 3 aromatic rings. The van der Waals surface area contributed by atoms with E-state index in [-0.39, 0.29) is 0 Å². The fourth-order valence-corrected chi connectivity index (χ4v) is 4.91. The molecule has 0 unspecified atom stereocenters. The normalized spacial score (nSPS) is 14.9. The topological polar surface area (TPSA) is 70.1 Å². The smallest absolute Gasteiger partial charge is 0.228 e. The summed E-state index contributed by atoms with van der Waals surface area (Å²) >= 11 is 3.31. The second-order valence-corrected chi connectivity index (χ2v) is 8.86. The van der Waals surface area contributed by atoms with Gasteiger partial charge in [0, 0.05) is 32.4 Å². The van der Waals surface area contributed by atoms with E-state index >= 15 is 0 Å². The molecule has 0 aliphatic carbocycles. The third-order valence-electron chi connectivity index (χ3n) is 5.01. The Morgan fingerprint density at radius 2 is 1.93 bits per heavy atom. The lowest BCUT2D eigenvalue weighted by Crippen LogP contribution is -2.46. The van der Waals surface area contributed by atoms with Gasteiger partial charge >= 0.3 is 0 Å². The molecule has 0 aromatic carbocycles. The molecule has 3 aromatic heterocycles. The highest BCUT2D eigenvalue weighted by molar-refractivity contribution is 8.00. The van der Waals surface area contributed by atoms with Crippen LogP contribution >= 0.6 is 23.1 Å². The Balaban J connectivity index is 1.45. The summed E-state index contributed by atoms with van der Waals surface area (Å²) < 4.78 is 1.04.